The number of rotatable bonds is 0. The summed E-state index contributed by atoms with van der Waals surface area (Å²) in [5.74, 6) is 12.5. The van der Waals surface area contributed by atoms with Crippen molar-refractivity contribution in [3.8, 4) is 35.2 Å². The predicted octanol–water partition coefficient (Wildman–Crippen LogP) is 4.51. The van der Waals surface area contributed by atoms with Crippen LogP contribution in [0.1, 0.15) is 33.4 Å². The maximum atomic E-state index is 9.93. The third kappa shape index (κ3) is 4.07. The van der Waals surface area contributed by atoms with E-state index in [1.807, 2.05) is 62.4 Å². The van der Waals surface area contributed by atoms with E-state index in [0.29, 0.717) is 11.1 Å². The quantitative estimate of drug-likeness (QED) is 0.592. The molecule has 3 rings (SSSR count). The van der Waals surface area contributed by atoms with Crippen LogP contribution in [0.25, 0.3) is 0 Å². The lowest BCUT2D eigenvalue weighted by molar-refractivity contribution is 0.473. The molecule has 0 spiro atoms. The highest BCUT2D eigenvalue weighted by molar-refractivity contribution is 5.57. The van der Waals surface area contributed by atoms with Gasteiger partial charge in [-0.1, -0.05) is 47.9 Å². The fourth-order valence-electron chi connectivity index (χ4n) is 2.47. The van der Waals surface area contributed by atoms with Gasteiger partial charge in [-0.15, -0.1) is 0 Å². The molecule has 0 radical (unpaired) electrons. The molecule has 0 amide bonds. The second-order valence-corrected chi connectivity index (χ2v) is 6.09. The minimum Gasteiger partial charge on any atom is -0.507 e. The van der Waals surface area contributed by atoms with Gasteiger partial charge in [-0.2, -0.15) is 0 Å². The first-order chi connectivity index (χ1) is 12.5. The number of hydrogen-bond acceptors (Lipinski definition) is 2. The highest BCUT2D eigenvalue weighted by Crippen LogP contribution is 2.18. The van der Waals surface area contributed by atoms with Crippen molar-refractivity contribution in [1.82, 2.24) is 0 Å². The standard InChI is InChI=1S/C24H18O2/c1-17-7-13-23(25)21(15-17)11-9-19-5-3-4-6-20(19)10-12-22-16-18(2)8-14-24(22)26/h3-8,13-16,25-26H,1-2H3. The van der Waals surface area contributed by atoms with E-state index >= 15 is 0 Å². The van der Waals surface area contributed by atoms with E-state index in [2.05, 4.69) is 23.7 Å². The Morgan fingerprint density at radius 2 is 0.923 bits per heavy atom. The first-order valence-electron chi connectivity index (χ1n) is 8.25. The molecule has 0 atom stereocenters. The number of phenols is 2. The lowest BCUT2D eigenvalue weighted by Crippen LogP contribution is -1.85. The molecular formula is C24H18O2. The molecule has 126 valence electrons. The molecule has 2 N–H and O–H groups in total. The third-order valence-electron chi connectivity index (χ3n) is 3.89. The van der Waals surface area contributed by atoms with Gasteiger partial charge in [0.15, 0.2) is 0 Å². The molecule has 2 heteroatoms. The summed E-state index contributed by atoms with van der Waals surface area (Å²) in [5.41, 5.74) is 4.79. The SMILES string of the molecule is Cc1ccc(O)c(C#Cc2ccccc2C#Cc2cc(C)ccc2O)c1. The summed E-state index contributed by atoms with van der Waals surface area (Å²) in [6.45, 7) is 3.91. The number of aromatic hydroxyl groups is 2. The van der Waals surface area contributed by atoms with Gasteiger partial charge in [0.05, 0.1) is 11.1 Å². The maximum Gasteiger partial charge on any atom is 0.131 e. The van der Waals surface area contributed by atoms with Crippen molar-refractivity contribution in [2.45, 2.75) is 13.8 Å². The van der Waals surface area contributed by atoms with Crippen molar-refractivity contribution in [2.24, 2.45) is 0 Å². The molecule has 0 aliphatic heterocycles. The Kier molecular flexibility index (Phi) is 4.97. The molecule has 0 aromatic heterocycles. The third-order valence-corrected chi connectivity index (χ3v) is 3.89. The monoisotopic (exact) mass is 338 g/mol. The lowest BCUT2D eigenvalue weighted by Gasteiger charge is -2.00. The van der Waals surface area contributed by atoms with Gasteiger partial charge in [-0.3, -0.25) is 0 Å². The molecule has 26 heavy (non-hydrogen) atoms. The Bertz CT molecular complexity index is 998. The highest BCUT2D eigenvalue weighted by atomic mass is 16.3. The molecule has 3 aromatic rings. The lowest BCUT2D eigenvalue weighted by atomic mass is 10.1. The van der Waals surface area contributed by atoms with Crippen molar-refractivity contribution < 1.29 is 10.2 Å². The zero-order valence-electron chi connectivity index (χ0n) is 14.7. The van der Waals surface area contributed by atoms with E-state index in [1.165, 1.54) is 0 Å². The fourth-order valence-corrected chi connectivity index (χ4v) is 2.47. The Morgan fingerprint density at radius 1 is 0.538 bits per heavy atom. The van der Waals surface area contributed by atoms with Gasteiger partial charge < -0.3 is 10.2 Å². The minimum atomic E-state index is 0.163. The van der Waals surface area contributed by atoms with Gasteiger partial charge >= 0.3 is 0 Å². The molecule has 0 unspecified atom stereocenters. The number of phenolic OH excluding ortho intramolecular Hbond substituents is 2. The topological polar surface area (TPSA) is 40.5 Å². The van der Waals surface area contributed by atoms with Crippen LogP contribution in [0.15, 0.2) is 60.7 Å². The van der Waals surface area contributed by atoms with E-state index in [9.17, 15) is 10.2 Å². The summed E-state index contributed by atoms with van der Waals surface area (Å²) in [4.78, 5) is 0. The van der Waals surface area contributed by atoms with Gasteiger partial charge in [-0.05, 0) is 61.4 Å². The van der Waals surface area contributed by atoms with Crippen LogP contribution in [0.4, 0.5) is 0 Å². The summed E-state index contributed by atoms with van der Waals surface area (Å²) >= 11 is 0. The largest absolute Gasteiger partial charge is 0.507 e. The van der Waals surface area contributed by atoms with Crippen LogP contribution in [0, 0.1) is 37.5 Å². The van der Waals surface area contributed by atoms with Crippen LogP contribution in [-0.4, -0.2) is 10.2 Å². The molecule has 0 fully saturated rings. The molecule has 0 saturated heterocycles. The summed E-state index contributed by atoms with van der Waals surface area (Å²) < 4.78 is 0. The molecule has 3 aromatic carbocycles. The summed E-state index contributed by atoms with van der Waals surface area (Å²) in [7, 11) is 0. The van der Waals surface area contributed by atoms with E-state index in [-0.39, 0.29) is 11.5 Å². The minimum absolute atomic E-state index is 0.163. The van der Waals surface area contributed by atoms with Gasteiger partial charge in [0.25, 0.3) is 0 Å². The number of hydrogen-bond donors (Lipinski definition) is 2. The molecule has 0 aliphatic carbocycles. The molecular weight excluding hydrogens is 320 g/mol. The normalized spacial score (nSPS) is 9.62. The zero-order chi connectivity index (χ0) is 18.5. The van der Waals surface area contributed by atoms with Crippen LogP contribution in [0.3, 0.4) is 0 Å². The van der Waals surface area contributed by atoms with Crippen LogP contribution in [-0.2, 0) is 0 Å². The van der Waals surface area contributed by atoms with E-state index in [4.69, 9.17) is 0 Å². The molecule has 0 heterocycles. The highest BCUT2D eigenvalue weighted by Gasteiger charge is 2.00. The molecule has 0 bridgehead atoms. The zero-order valence-corrected chi connectivity index (χ0v) is 14.7. The van der Waals surface area contributed by atoms with Crippen LogP contribution in [0.5, 0.6) is 11.5 Å². The first kappa shape index (κ1) is 17.2. The van der Waals surface area contributed by atoms with Crippen molar-refractivity contribution in [2.75, 3.05) is 0 Å². The van der Waals surface area contributed by atoms with Gasteiger partial charge in [-0.25, -0.2) is 0 Å². The van der Waals surface area contributed by atoms with Gasteiger partial charge in [0.1, 0.15) is 11.5 Å². The Hall–Kier alpha value is -3.62. The van der Waals surface area contributed by atoms with Crippen LogP contribution < -0.4 is 0 Å². The Morgan fingerprint density at radius 3 is 1.35 bits per heavy atom. The van der Waals surface area contributed by atoms with Crippen molar-refractivity contribution in [3.05, 3.63) is 94.0 Å². The van der Waals surface area contributed by atoms with E-state index in [0.717, 1.165) is 22.3 Å². The average molecular weight is 338 g/mol. The van der Waals surface area contributed by atoms with Crippen molar-refractivity contribution in [1.29, 1.82) is 0 Å². The smallest absolute Gasteiger partial charge is 0.131 e. The number of benzene rings is 3. The van der Waals surface area contributed by atoms with E-state index in [1.54, 1.807) is 12.1 Å². The predicted molar refractivity (Wildman–Crippen MR) is 104 cm³/mol. The number of aryl methyl sites for hydroxylation is 2. The van der Waals surface area contributed by atoms with Gasteiger partial charge in [0, 0.05) is 11.1 Å². The first-order valence-corrected chi connectivity index (χ1v) is 8.25. The summed E-state index contributed by atoms with van der Waals surface area (Å²) in [6, 6.07) is 18.2. The summed E-state index contributed by atoms with van der Waals surface area (Å²) in [6.07, 6.45) is 0. The Labute approximate surface area is 153 Å². The van der Waals surface area contributed by atoms with Crippen LogP contribution >= 0.6 is 0 Å². The Balaban J connectivity index is 1.98. The average Bonchev–Trinajstić information content (AvgIpc) is 2.64. The second kappa shape index (κ2) is 7.51. The van der Waals surface area contributed by atoms with Crippen molar-refractivity contribution in [3.63, 3.8) is 0 Å². The molecule has 0 saturated carbocycles. The van der Waals surface area contributed by atoms with Gasteiger partial charge in [0.2, 0.25) is 0 Å². The fraction of sp³-hybridized carbons (Fsp3) is 0.0833. The summed E-state index contributed by atoms with van der Waals surface area (Å²) in [5, 5.41) is 19.9. The van der Waals surface area contributed by atoms with E-state index < -0.39 is 0 Å². The molecule has 2 nitrogen and oxygen atoms in total. The van der Waals surface area contributed by atoms with Crippen molar-refractivity contribution >= 4 is 0 Å². The maximum absolute atomic E-state index is 9.93. The molecule has 0 aliphatic rings. The van der Waals surface area contributed by atoms with Crippen LogP contribution in [0.2, 0.25) is 0 Å². The second-order valence-electron chi connectivity index (χ2n) is 6.09.